The first-order chi connectivity index (χ1) is 4.75. The fourth-order valence-electron chi connectivity index (χ4n) is 1.18. The molecule has 2 heteroatoms. The summed E-state index contributed by atoms with van der Waals surface area (Å²) in [7, 11) is 2.08. The van der Waals surface area contributed by atoms with Crippen LogP contribution in [0.5, 0.6) is 0 Å². The van der Waals surface area contributed by atoms with Gasteiger partial charge in [-0.05, 0) is 19.3 Å². The third-order valence-electron chi connectivity index (χ3n) is 2.36. The number of rotatable bonds is 3. The average Bonchev–Trinajstić information content (AvgIpc) is 1.82. The molecule has 0 aromatic carbocycles. The highest BCUT2D eigenvalue weighted by atomic mass is 15.2. The monoisotopic (exact) mass is 140 g/mol. The zero-order chi connectivity index (χ0) is 7.56. The SMILES string of the molecule is C=C(CN)N(C)C1CCC1. The van der Waals surface area contributed by atoms with Crippen LogP contribution in [0.2, 0.25) is 0 Å². The van der Waals surface area contributed by atoms with Gasteiger partial charge < -0.3 is 10.6 Å². The van der Waals surface area contributed by atoms with Crippen molar-refractivity contribution in [2.75, 3.05) is 13.6 Å². The van der Waals surface area contributed by atoms with Gasteiger partial charge in [0.1, 0.15) is 0 Å². The van der Waals surface area contributed by atoms with E-state index in [1.54, 1.807) is 0 Å². The summed E-state index contributed by atoms with van der Waals surface area (Å²) >= 11 is 0. The van der Waals surface area contributed by atoms with Crippen LogP contribution >= 0.6 is 0 Å². The summed E-state index contributed by atoms with van der Waals surface area (Å²) in [6.07, 6.45) is 4.00. The van der Waals surface area contributed by atoms with Crippen LogP contribution < -0.4 is 5.73 Å². The maximum atomic E-state index is 5.45. The van der Waals surface area contributed by atoms with Crippen molar-refractivity contribution in [3.8, 4) is 0 Å². The number of nitrogens with two attached hydrogens (primary N) is 1. The molecular formula is C8H16N2. The minimum absolute atomic E-state index is 0.590. The van der Waals surface area contributed by atoms with Gasteiger partial charge in [0.15, 0.2) is 0 Å². The average molecular weight is 140 g/mol. The Morgan fingerprint density at radius 3 is 2.60 bits per heavy atom. The summed E-state index contributed by atoms with van der Waals surface area (Å²) in [5, 5.41) is 0. The summed E-state index contributed by atoms with van der Waals surface area (Å²) in [6.45, 7) is 4.47. The van der Waals surface area contributed by atoms with E-state index in [1.807, 2.05) is 0 Å². The van der Waals surface area contributed by atoms with Gasteiger partial charge in [-0.15, -0.1) is 0 Å². The van der Waals surface area contributed by atoms with Crippen molar-refractivity contribution in [2.24, 2.45) is 5.73 Å². The second-order valence-corrected chi connectivity index (χ2v) is 2.97. The molecule has 1 aliphatic carbocycles. The molecule has 0 unspecified atom stereocenters. The molecule has 0 aliphatic heterocycles. The van der Waals surface area contributed by atoms with Crippen LogP contribution in [-0.2, 0) is 0 Å². The first-order valence-electron chi connectivity index (χ1n) is 3.86. The lowest BCUT2D eigenvalue weighted by Crippen LogP contribution is -2.38. The van der Waals surface area contributed by atoms with Gasteiger partial charge in [0, 0.05) is 25.3 Å². The summed E-state index contributed by atoms with van der Waals surface area (Å²) < 4.78 is 0. The summed E-state index contributed by atoms with van der Waals surface area (Å²) in [4.78, 5) is 2.21. The van der Waals surface area contributed by atoms with Gasteiger partial charge in [-0.2, -0.15) is 0 Å². The maximum Gasteiger partial charge on any atom is 0.0324 e. The molecule has 0 amide bonds. The molecular weight excluding hydrogens is 124 g/mol. The van der Waals surface area contributed by atoms with Gasteiger partial charge >= 0.3 is 0 Å². The molecule has 1 aliphatic rings. The van der Waals surface area contributed by atoms with E-state index in [0.29, 0.717) is 6.54 Å². The Labute approximate surface area is 62.7 Å². The lowest BCUT2D eigenvalue weighted by molar-refractivity contribution is 0.199. The number of likely N-dealkylation sites (N-methyl/N-ethyl adjacent to an activating group) is 1. The molecule has 0 radical (unpaired) electrons. The molecule has 0 saturated heterocycles. The highest BCUT2D eigenvalue weighted by molar-refractivity contribution is 4.98. The molecule has 58 valence electrons. The lowest BCUT2D eigenvalue weighted by atomic mass is 9.91. The van der Waals surface area contributed by atoms with Crippen LogP contribution in [0.15, 0.2) is 12.3 Å². The second kappa shape index (κ2) is 3.06. The van der Waals surface area contributed by atoms with Crippen LogP contribution in [0.1, 0.15) is 19.3 Å². The summed E-state index contributed by atoms with van der Waals surface area (Å²) in [6, 6.07) is 0.732. The Kier molecular flexibility index (Phi) is 2.33. The number of nitrogens with zero attached hydrogens (tertiary/aromatic N) is 1. The highest BCUT2D eigenvalue weighted by Crippen LogP contribution is 2.25. The minimum Gasteiger partial charge on any atom is -0.374 e. The van der Waals surface area contributed by atoms with Gasteiger partial charge in [0.25, 0.3) is 0 Å². The molecule has 2 N–H and O–H groups in total. The molecule has 0 aromatic heterocycles. The number of hydrogen-bond donors (Lipinski definition) is 1. The normalized spacial score (nSPS) is 18.2. The molecule has 1 saturated carbocycles. The van der Waals surface area contributed by atoms with Crippen LogP contribution in [0, 0.1) is 0 Å². The van der Waals surface area contributed by atoms with Crippen LogP contribution in [0.4, 0.5) is 0 Å². The van der Waals surface area contributed by atoms with Crippen molar-refractivity contribution < 1.29 is 0 Å². The smallest absolute Gasteiger partial charge is 0.0324 e. The quantitative estimate of drug-likeness (QED) is 0.632. The third kappa shape index (κ3) is 1.32. The molecule has 0 heterocycles. The predicted molar refractivity (Wildman–Crippen MR) is 43.6 cm³/mol. The number of hydrogen-bond acceptors (Lipinski definition) is 2. The van der Waals surface area contributed by atoms with Crippen molar-refractivity contribution >= 4 is 0 Å². The Bertz CT molecular complexity index is 127. The topological polar surface area (TPSA) is 29.3 Å². The van der Waals surface area contributed by atoms with E-state index < -0.39 is 0 Å². The van der Waals surface area contributed by atoms with Crippen molar-refractivity contribution in [3.05, 3.63) is 12.3 Å². The Hall–Kier alpha value is -0.500. The molecule has 0 atom stereocenters. The highest BCUT2D eigenvalue weighted by Gasteiger charge is 2.21. The second-order valence-electron chi connectivity index (χ2n) is 2.97. The van der Waals surface area contributed by atoms with Gasteiger partial charge in [-0.1, -0.05) is 6.58 Å². The van der Waals surface area contributed by atoms with E-state index in [9.17, 15) is 0 Å². The van der Waals surface area contributed by atoms with E-state index in [0.717, 1.165) is 11.7 Å². The lowest BCUT2D eigenvalue weighted by Gasteiger charge is -2.37. The van der Waals surface area contributed by atoms with Gasteiger partial charge in [0.2, 0.25) is 0 Å². The van der Waals surface area contributed by atoms with Crippen LogP contribution in [0.25, 0.3) is 0 Å². The van der Waals surface area contributed by atoms with Crippen molar-refractivity contribution in [2.45, 2.75) is 25.3 Å². The van der Waals surface area contributed by atoms with Crippen molar-refractivity contribution in [1.82, 2.24) is 4.90 Å². The maximum absolute atomic E-state index is 5.45. The summed E-state index contributed by atoms with van der Waals surface area (Å²) in [5.74, 6) is 0. The fraction of sp³-hybridized carbons (Fsp3) is 0.750. The van der Waals surface area contributed by atoms with E-state index in [2.05, 4.69) is 18.5 Å². The van der Waals surface area contributed by atoms with E-state index in [1.165, 1.54) is 19.3 Å². The van der Waals surface area contributed by atoms with Crippen LogP contribution in [-0.4, -0.2) is 24.5 Å². The Morgan fingerprint density at radius 2 is 2.30 bits per heavy atom. The predicted octanol–water partition coefficient (Wildman–Crippen LogP) is 0.943. The molecule has 0 bridgehead atoms. The standard InChI is InChI=1S/C8H16N2/c1-7(6-9)10(2)8-4-3-5-8/h8H,1,3-6,9H2,2H3. The molecule has 0 spiro atoms. The summed E-state index contributed by atoms with van der Waals surface area (Å²) in [5.41, 5.74) is 6.51. The van der Waals surface area contributed by atoms with E-state index in [4.69, 9.17) is 5.73 Å². The van der Waals surface area contributed by atoms with Gasteiger partial charge in [0.05, 0.1) is 0 Å². The minimum atomic E-state index is 0.590. The van der Waals surface area contributed by atoms with E-state index >= 15 is 0 Å². The molecule has 1 fully saturated rings. The van der Waals surface area contributed by atoms with Crippen LogP contribution in [0.3, 0.4) is 0 Å². The molecule has 0 aromatic rings. The molecule has 2 nitrogen and oxygen atoms in total. The zero-order valence-corrected chi connectivity index (χ0v) is 6.64. The van der Waals surface area contributed by atoms with Crippen molar-refractivity contribution in [3.63, 3.8) is 0 Å². The van der Waals surface area contributed by atoms with Gasteiger partial charge in [-0.3, -0.25) is 0 Å². The first kappa shape index (κ1) is 7.61. The first-order valence-corrected chi connectivity index (χ1v) is 3.86. The third-order valence-corrected chi connectivity index (χ3v) is 2.36. The largest absolute Gasteiger partial charge is 0.374 e. The Morgan fingerprint density at radius 1 is 1.70 bits per heavy atom. The Balaban J connectivity index is 2.31. The van der Waals surface area contributed by atoms with Gasteiger partial charge in [-0.25, -0.2) is 0 Å². The fourth-order valence-corrected chi connectivity index (χ4v) is 1.18. The van der Waals surface area contributed by atoms with E-state index in [-0.39, 0.29) is 0 Å². The zero-order valence-electron chi connectivity index (χ0n) is 6.64. The van der Waals surface area contributed by atoms with Crippen molar-refractivity contribution in [1.29, 1.82) is 0 Å². The molecule has 10 heavy (non-hydrogen) atoms. The molecule has 1 rings (SSSR count).